The van der Waals surface area contributed by atoms with E-state index in [9.17, 15) is 10.1 Å². The Hall–Kier alpha value is -2.83. The first kappa shape index (κ1) is 14.6. The molecule has 110 valence electrons. The van der Waals surface area contributed by atoms with Crippen LogP contribution in [0.5, 0.6) is 5.75 Å². The molecule has 0 atom stereocenters. The maximum Gasteiger partial charge on any atom is 0.311 e. The first-order valence-electron chi connectivity index (χ1n) is 6.47. The Balaban J connectivity index is 2.40. The van der Waals surface area contributed by atoms with Gasteiger partial charge in [-0.2, -0.15) is 0 Å². The third kappa shape index (κ3) is 3.38. The molecule has 0 aliphatic carbocycles. The Morgan fingerprint density at radius 3 is 2.71 bits per heavy atom. The fraction of sp³-hybridized carbons (Fsp3) is 0.214. The highest BCUT2D eigenvalue weighted by molar-refractivity contribution is 5.71. The largest absolute Gasteiger partial charge is 0.492 e. The Morgan fingerprint density at radius 1 is 1.29 bits per heavy atom. The maximum atomic E-state index is 11.1. The summed E-state index contributed by atoms with van der Waals surface area (Å²) in [7, 11) is 1.70. The van der Waals surface area contributed by atoms with Crippen molar-refractivity contribution in [3.05, 3.63) is 46.5 Å². The number of nitro groups is 1. The van der Waals surface area contributed by atoms with Crippen molar-refractivity contribution in [3.63, 3.8) is 0 Å². The van der Waals surface area contributed by atoms with E-state index >= 15 is 0 Å². The van der Waals surface area contributed by atoms with E-state index < -0.39 is 4.92 Å². The van der Waals surface area contributed by atoms with Crippen molar-refractivity contribution in [3.8, 4) is 5.75 Å². The monoisotopic (exact) mass is 288 g/mol. The number of anilines is 3. The molecule has 1 aromatic heterocycles. The van der Waals surface area contributed by atoms with Gasteiger partial charge in [0.25, 0.3) is 0 Å². The molecule has 7 heteroatoms. The highest BCUT2D eigenvalue weighted by Crippen LogP contribution is 2.31. The summed E-state index contributed by atoms with van der Waals surface area (Å²) < 4.78 is 5.49. The van der Waals surface area contributed by atoms with Crippen LogP contribution >= 0.6 is 0 Å². The van der Waals surface area contributed by atoms with Crippen molar-refractivity contribution in [2.24, 2.45) is 0 Å². The summed E-state index contributed by atoms with van der Waals surface area (Å²) in [6, 6.07) is 10.2. The van der Waals surface area contributed by atoms with Gasteiger partial charge >= 0.3 is 5.69 Å². The van der Waals surface area contributed by atoms with Gasteiger partial charge in [-0.1, -0.05) is 12.1 Å². The van der Waals surface area contributed by atoms with E-state index in [0.717, 1.165) is 0 Å². The zero-order valence-electron chi connectivity index (χ0n) is 11.8. The lowest BCUT2D eigenvalue weighted by molar-refractivity contribution is -0.384. The second-order valence-corrected chi connectivity index (χ2v) is 4.13. The average Bonchev–Trinajstić information content (AvgIpc) is 2.49. The van der Waals surface area contributed by atoms with Gasteiger partial charge in [-0.05, 0) is 25.1 Å². The van der Waals surface area contributed by atoms with Crippen LogP contribution in [-0.4, -0.2) is 23.6 Å². The van der Waals surface area contributed by atoms with E-state index in [-0.39, 0.29) is 11.5 Å². The van der Waals surface area contributed by atoms with E-state index in [2.05, 4.69) is 15.6 Å². The number of aromatic nitrogens is 1. The van der Waals surface area contributed by atoms with Crippen LogP contribution < -0.4 is 15.4 Å². The molecule has 0 saturated carbocycles. The molecule has 21 heavy (non-hydrogen) atoms. The summed E-state index contributed by atoms with van der Waals surface area (Å²) in [5, 5.41) is 16.9. The zero-order chi connectivity index (χ0) is 15.2. The number of para-hydroxylation sites is 2. The van der Waals surface area contributed by atoms with Gasteiger partial charge in [-0.3, -0.25) is 10.1 Å². The number of hydrogen-bond acceptors (Lipinski definition) is 6. The molecule has 0 amide bonds. The Labute approximate surface area is 122 Å². The quantitative estimate of drug-likeness (QED) is 0.627. The van der Waals surface area contributed by atoms with Crippen molar-refractivity contribution in [2.75, 3.05) is 24.3 Å². The summed E-state index contributed by atoms with van der Waals surface area (Å²) in [4.78, 5) is 14.8. The number of nitrogens with zero attached hydrogens (tertiary/aromatic N) is 2. The number of ether oxygens (including phenoxy) is 1. The lowest BCUT2D eigenvalue weighted by Gasteiger charge is -2.12. The smallest absolute Gasteiger partial charge is 0.311 e. The van der Waals surface area contributed by atoms with Crippen LogP contribution in [0.15, 0.2) is 36.4 Å². The number of pyridine rings is 1. The number of hydrogen-bond donors (Lipinski definition) is 2. The Morgan fingerprint density at radius 2 is 2.05 bits per heavy atom. The number of nitrogens with one attached hydrogen (secondary N) is 2. The van der Waals surface area contributed by atoms with Crippen LogP contribution in [0.4, 0.5) is 23.0 Å². The minimum Gasteiger partial charge on any atom is -0.492 e. The minimum atomic E-state index is -0.474. The van der Waals surface area contributed by atoms with Crippen LogP contribution in [-0.2, 0) is 0 Å². The van der Waals surface area contributed by atoms with Gasteiger partial charge in [0.1, 0.15) is 11.6 Å². The predicted octanol–water partition coefficient (Wildman–Crippen LogP) is 3.17. The molecule has 2 rings (SSSR count). The highest BCUT2D eigenvalue weighted by Gasteiger charge is 2.17. The van der Waals surface area contributed by atoms with Gasteiger partial charge in [-0.25, -0.2) is 4.98 Å². The first-order valence-corrected chi connectivity index (χ1v) is 6.47. The molecule has 1 heterocycles. The van der Waals surface area contributed by atoms with E-state index in [1.165, 1.54) is 6.07 Å². The van der Waals surface area contributed by atoms with Gasteiger partial charge in [0.05, 0.1) is 17.2 Å². The van der Waals surface area contributed by atoms with E-state index in [0.29, 0.717) is 23.9 Å². The van der Waals surface area contributed by atoms with Gasteiger partial charge < -0.3 is 15.4 Å². The number of rotatable bonds is 6. The summed E-state index contributed by atoms with van der Waals surface area (Å²) in [5.74, 6) is 1.32. The number of benzene rings is 1. The molecule has 1 aromatic carbocycles. The minimum absolute atomic E-state index is 0.0969. The lowest BCUT2D eigenvalue weighted by Crippen LogP contribution is -2.04. The van der Waals surface area contributed by atoms with E-state index in [1.807, 2.05) is 19.1 Å². The van der Waals surface area contributed by atoms with Crippen LogP contribution in [0.1, 0.15) is 6.92 Å². The molecule has 0 saturated heterocycles. The Kier molecular flexibility index (Phi) is 4.55. The van der Waals surface area contributed by atoms with Crippen molar-refractivity contribution >= 4 is 23.0 Å². The maximum absolute atomic E-state index is 11.1. The third-order valence-electron chi connectivity index (χ3n) is 2.77. The molecule has 0 spiro atoms. The molecule has 0 bridgehead atoms. The van der Waals surface area contributed by atoms with Crippen molar-refractivity contribution in [2.45, 2.75) is 6.92 Å². The SMILES string of the molecule is CCOc1ccccc1Nc1nc(NC)ccc1[N+](=O)[O-]. The molecule has 0 unspecified atom stereocenters. The normalized spacial score (nSPS) is 10.0. The van der Waals surface area contributed by atoms with Crippen LogP contribution in [0, 0.1) is 10.1 Å². The van der Waals surface area contributed by atoms with Crippen LogP contribution in [0.2, 0.25) is 0 Å². The topological polar surface area (TPSA) is 89.3 Å². The predicted molar refractivity (Wildman–Crippen MR) is 81.3 cm³/mol. The molecule has 0 radical (unpaired) electrons. The molecule has 2 N–H and O–H groups in total. The van der Waals surface area contributed by atoms with Gasteiger partial charge in [0.15, 0.2) is 0 Å². The van der Waals surface area contributed by atoms with Gasteiger partial charge in [0.2, 0.25) is 5.82 Å². The fourth-order valence-corrected chi connectivity index (χ4v) is 1.81. The van der Waals surface area contributed by atoms with Gasteiger partial charge in [-0.15, -0.1) is 0 Å². The molecule has 7 nitrogen and oxygen atoms in total. The van der Waals surface area contributed by atoms with Crippen molar-refractivity contribution in [1.29, 1.82) is 0 Å². The van der Waals surface area contributed by atoms with E-state index in [4.69, 9.17) is 4.74 Å². The zero-order valence-corrected chi connectivity index (χ0v) is 11.8. The molecular weight excluding hydrogens is 272 g/mol. The van der Waals surface area contributed by atoms with Crippen LogP contribution in [0.25, 0.3) is 0 Å². The second-order valence-electron chi connectivity index (χ2n) is 4.13. The molecule has 0 fully saturated rings. The lowest BCUT2D eigenvalue weighted by atomic mass is 10.2. The molecule has 0 aliphatic rings. The van der Waals surface area contributed by atoms with Crippen molar-refractivity contribution in [1.82, 2.24) is 4.98 Å². The molecular formula is C14H16N4O3. The Bertz CT molecular complexity index is 646. The summed E-state index contributed by atoms with van der Waals surface area (Å²) in [6.07, 6.45) is 0. The summed E-state index contributed by atoms with van der Waals surface area (Å²) >= 11 is 0. The standard InChI is InChI=1S/C14H16N4O3/c1-3-21-12-7-5-4-6-10(12)16-14-11(18(19)20)8-9-13(15-2)17-14/h4-9H,3H2,1-2H3,(H2,15,16,17). The summed E-state index contributed by atoms with van der Waals surface area (Å²) in [5.41, 5.74) is 0.531. The third-order valence-corrected chi connectivity index (χ3v) is 2.77. The van der Waals surface area contributed by atoms with E-state index in [1.54, 1.807) is 25.2 Å². The van der Waals surface area contributed by atoms with Gasteiger partial charge in [0, 0.05) is 13.1 Å². The average molecular weight is 288 g/mol. The fourth-order valence-electron chi connectivity index (χ4n) is 1.81. The second kappa shape index (κ2) is 6.56. The van der Waals surface area contributed by atoms with Crippen molar-refractivity contribution < 1.29 is 9.66 Å². The highest BCUT2D eigenvalue weighted by atomic mass is 16.6. The first-order chi connectivity index (χ1) is 10.2. The summed E-state index contributed by atoms with van der Waals surface area (Å²) in [6.45, 7) is 2.38. The molecule has 0 aliphatic heterocycles. The van der Waals surface area contributed by atoms with Crippen LogP contribution in [0.3, 0.4) is 0 Å². The molecule has 2 aromatic rings.